The van der Waals surface area contributed by atoms with Gasteiger partial charge in [0.2, 0.25) is 0 Å². The number of fused-ring (bicyclic) bond motifs is 1. The molecule has 0 bridgehead atoms. The Morgan fingerprint density at radius 1 is 1.16 bits per heavy atom. The van der Waals surface area contributed by atoms with Gasteiger partial charge in [-0.05, 0) is 48.6 Å². The van der Waals surface area contributed by atoms with Crippen molar-refractivity contribution in [3.05, 3.63) is 23.3 Å². The Labute approximate surface area is 115 Å². The van der Waals surface area contributed by atoms with Crippen LogP contribution in [0.4, 0.5) is 0 Å². The van der Waals surface area contributed by atoms with Crippen LogP contribution in [0.3, 0.4) is 0 Å². The van der Waals surface area contributed by atoms with Crippen LogP contribution in [0.1, 0.15) is 31.0 Å². The first-order chi connectivity index (χ1) is 9.04. The van der Waals surface area contributed by atoms with Gasteiger partial charge < -0.3 is 20.9 Å². The normalized spacial score (nSPS) is 17.4. The molecule has 4 nitrogen and oxygen atoms in total. The van der Waals surface area contributed by atoms with E-state index in [0.717, 1.165) is 22.6 Å². The molecule has 1 heterocycles. The summed E-state index contributed by atoms with van der Waals surface area (Å²) >= 11 is 0. The predicted molar refractivity (Wildman–Crippen MR) is 76.5 cm³/mol. The highest BCUT2D eigenvalue weighted by Gasteiger charge is 2.25. The maximum atomic E-state index is 6.41. The van der Waals surface area contributed by atoms with Crippen LogP contribution in [0.25, 0.3) is 0 Å². The number of aryl methyl sites for hydroxylation is 1. The van der Waals surface area contributed by atoms with E-state index in [0.29, 0.717) is 25.7 Å². The number of nitrogens with two attached hydrogens (primary N) is 2. The summed E-state index contributed by atoms with van der Waals surface area (Å²) in [5.41, 5.74) is 14.5. The van der Waals surface area contributed by atoms with Crippen LogP contribution in [-0.2, 0) is 0 Å². The lowest BCUT2D eigenvalue weighted by molar-refractivity contribution is 0.171. The Morgan fingerprint density at radius 2 is 1.74 bits per heavy atom. The summed E-state index contributed by atoms with van der Waals surface area (Å²) in [4.78, 5) is 0. The topological polar surface area (TPSA) is 70.5 Å². The van der Waals surface area contributed by atoms with E-state index in [-0.39, 0.29) is 12.0 Å². The monoisotopic (exact) mass is 264 g/mol. The van der Waals surface area contributed by atoms with E-state index in [1.165, 1.54) is 0 Å². The molecule has 2 unspecified atom stereocenters. The van der Waals surface area contributed by atoms with Gasteiger partial charge in [0.25, 0.3) is 0 Å². The molecular weight excluding hydrogens is 240 g/mol. The van der Waals surface area contributed by atoms with E-state index in [4.69, 9.17) is 20.9 Å². The molecule has 1 aromatic rings. The molecule has 0 saturated carbocycles. The summed E-state index contributed by atoms with van der Waals surface area (Å²) < 4.78 is 11.2. The van der Waals surface area contributed by atoms with E-state index >= 15 is 0 Å². The Kier molecular flexibility index (Phi) is 4.32. The van der Waals surface area contributed by atoms with Crippen molar-refractivity contribution >= 4 is 0 Å². The van der Waals surface area contributed by atoms with E-state index in [9.17, 15) is 0 Å². The highest BCUT2D eigenvalue weighted by atomic mass is 16.6. The molecule has 1 aliphatic rings. The summed E-state index contributed by atoms with van der Waals surface area (Å²) in [6, 6.07) is 3.96. The van der Waals surface area contributed by atoms with E-state index in [1.54, 1.807) is 0 Å². The van der Waals surface area contributed by atoms with Crippen molar-refractivity contribution in [3.63, 3.8) is 0 Å². The second-order valence-corrected chi connectivity index (χ2v) is 5.52. The van der Waals surface area contributed by atoms with Crippen molar-refractivity contribution in [2.75, 3.05) is 19.8 Å². The van der Waals surface area contributed by atoms with Gasteiger partial charge >= 0.3 is 0 Å². The van der Waals surface area contributed by atoms with Crippen molar-refractivity contribution in [1.29, 1.82) is 0 Å². The van der Waals surface area contributed by atoms with Gasteiger partial charge in [0.05, 0.1) is 0 Å². The zero-order valence-corrected chi connectivity index (χ0v) is 12.0. The number of ether oxygens (including phenoxy) is 2. The Balaban J connectivity index is 2.33. The molecular formula is C15H24N2O2. The van der Waals surface area contributed by atoms with Crippen LogP contribution in [0.5, 0.6) is 11.5 Å². The van der Waals surface area contributed by atoms with Crippen LogP contribution in [0.15, 0.2) is 12.1 Å². The second kappa shape index (κ2) is 5.80. The van der Waals surface area contributed by atoms with Gasteiger partial charge in [-0.3, -0.25) is 0 Å². The lowest BCUT2D eigenvalue weighted by Crippen LogP contribution is -2.32. The lowest BCUT2D eigenvalue weighted by atomic mass is 9.83. The molecule has 2 atom stereocenters. The van der Waals surface area contributed by atoms with E-state index < -0.39 is 0 Å². The molecule has 0 amide bonds. The molecule has 19 heavy (non-hydrogen) atoms. The maximum absolute atomic E-state index is 6.41. The minimum absolute atomic E-state index is 0.0687. The molecule has 0 spiro atoms. The van der Waals surface area contributed by atoms with Crippen molar-refractivity contribution in [3.8, 4) is 11.5 Å². The molecule has 1 aromatic carbocycles. The van der Waals surface area contributed by atoms with E-state index in [2.05, 4.69) is 20.8 Å². The first-order valence-corrected chi connectivity index (χ1v) is 6.90. The number of hydrogen-bond acceptors (Lipinski definition) is 4. The summed E-state index contributed by atoms with van der Waals surface area (Å²) in [7, 11) is 0. The smallest absolute Gasteiger partial charge is 0.161 e. The Bertz CT molecular complexity index is 446. The average Bonchev–Trinajstić information content (AvgIpc) is 2.38. The molecule has 106 valence electrons. The highest BCUT2D eigenvalue weighted by Crippen LogP contribution is 2.37. The van der Waals surface area contributed by atoms with Gasteiger partial charge in [0, 0.05) is 6.04 Å². The molecule has 0 radical (unpaired) electrons. The molecule has 0 saturated heterocycles. The first kappa shape index (κ1) is 14.2. The third-order valence-electron chi connectivity index (χ3n) is 3.88. The van der Waals surface area contributed by atoms with Gasteiger partial charge in [-0.25, -0.2) is 0 Å². The quantitative estimate of drug-likeness (QED) is 0.872. The molecule has 4 heteroatoms. The maximum Gasteiger partial charge on any atom is 0.161 e. The fourth-order valence-electron chi connectivity index (χ4n) is 2.63. The molecule has 0 aliphatic carbocycles. The SMILES string of the molecule is Cc1cc2c(cc1C(N)C(CN)C(C)C)OCCO2. The van der Waals surface area contributed by atoms with E-state index in [1.807, 2.05) is 12.1 Å². The van der Waals surface area contributed by atoms with Crippen molar-refractivity contribution in [1.82, 2.24) is 0 Å². The fourth-order valence-corrected chi connectivity index (χ4v) is 2.63. The van der Waals surface area contributed by atoms with Crippen molar-refractivity contribution < 1.29 is 9.47 Å². The third-order valence-corrected chi connectivity index (χ3v) is 3.88. The minimum atomic E-state index is -0.0687. The summed E-state index contributed by atoms with van der Waals surface area (Å²) in [6.45, 7) is 8.16. The molecule has 1 aliphatic heterocycles. The average molecular weight is 264 g/mol. The van der Waals surface area contributed by atoms with Crippen LogP contribution in [0.2, 0.25) is 0 Å². The van der Waals surface area contributed by atoms with Gasteiger partial charge in [0.15, 0.2) is 11.5 Å². The number of rotatable bonds is 4. The lowest BCUT2D eigenvalue weighted by Gasteiger charge is -2.29. The van der Waals surface area contributed by atoms with Gasteiger partial charge in [-0.2, -0.15) is 0 Å². The Morgan fingerprint density at radius 3 is 2.26 bits per heavy atom. The van der Waals surface area contributed by atoms with Crippen LogP contribution in [-0.4, -0.2) is 19.8 Å². The highest BCUT2D eigenvalue weighted by molar-refractivity contribution is 5.48. The van der Waals surface area contributed by atoms with Gasteiger partial charge in [-0.15, -0.1) is 0 Å². The number of benzene rings is 1. The Hall–Kier alpha value is -1.26. The fraction of sp³-hybridized carbons (Fsp3) is 0.600. The summed E-state index contributed by atoms with van der Waals surface area (Å²) in [5.74, 6) is 2.32. The molecule has 4 N–H and O–H groups in total. The largest absolute Gasteiger partial charge is 0.486 e. The zero-order chi connectivity index (χ0) is 14.0. The number of hydrogen-bond donors (Lipinski definition) is 2. The molecule has 0 fully saturated rings. The third kappa shape index (κ3) is 2.85. The molecule has 0 aromatic heterocycles. The minimum Gasteiger partial charge on any atom is -0.486 e. The van der Waals surface area contributed by atoms with Crippen LogP contribution < -0.4 is 20.9 Å². The second-order valence-electron chi connectivity index (χ2n) is 5.52. The zero-order valence-electron chi connectivity index (χ0n) is 12.0. The van der Waals surface area contributed by atoms with Crippen LogP contribution in [0, 0.1) is 18.8 Å². The predicted octanol–water partition coefficient (Wildman–Crippen LogP) is 2.00. The van der Waals surface area contributed by atoms with Crippen molar-refractivity contribution in [2.45, 2.75) is 26.8 Å². The van der Waals surface area contributed by atoms with Crippen LogP contribution >= 0.6 is 0 Å². The molecule has 2 rings (SSSR count). The summed E-state index contributed by atoms with van der Waals surface area (Å²) in [5, 5.41) is 0. The standard InChI is InChI=1S/C15H24N2O2/c1-9(2)12(8-16)15(17)11-7-14-13(6-10(11)3)18-4-5-19-14/h6-7,9,12,15H,4-5,8,16-17H2,1-3H3. The van der Waals surface area contributed by atoms with Crippen molar-refractivity contribution in [2.24, 2.45) is 23.3 Å². The summed E-state index contributed by atoms with van der Waals surface area (Å²) in [6.07, 6.45) is 0. The van der Waals surface area contributed by atoms with Gasteiger partial charge in [-0.1, -0.05) is 13.8 Å². The first-order valence-electron chi connectivity index (χ1n) is 6.90. The van der Waals surface area contributed by atoms with Gasteiger partial charge in [0.1, 0.15) is 13.2 Å².